The first-order valence-electron chi connectivity index (χ1n) is 7.48. The summed E-state index contributed by atoms with van der Waals surface area (Å²) in [6.07, 6.45) is -0.836. The minimum absolute atomic E-state index is 0.144. The number of piperazine rings is 1. The van der Waals surface area contributed by atoms with Crippen LogP contribution in [-0.4, -0.2) is 51.2 Å². The molecule has 122 valence electrons. The smallest absolute Gasteiger partial charge is 0.407 e. The maximum Gasteiger partial charge on any atom is 0.407 e. The fourth-order valence-electron chi connectivity index (χ4n) is 2.94. The normalized spacial score (nSPS) is 23.6. The van der Waals surface area contributed by atoms with Crippen molar-refractivity contribution in [1.29, 1.82) is 0 Å². The molecule has 1 N–H and O–H groups in total. The average molecular weight is 370 g/mol. The Morgan fingerprint density at radius 2 is 2.09 bits per heavy atom. The molecule has 0 aromatic carbocycles. The van der Waals surface area contributed by atoms with Crippen molar-refractivity contribution in [1.82, 2.24) is 14.8 Å². The number of hydrogen-bond acceptors (Lipinski definition) is 3. The molecule has 1 atom stereocenters. The average Bonchev–Trinajstić information content (AvgIpc) is 2.37. The summed E-state index contributed by atoms with van der Waals surface area (Å²) in [4.78, 5) is 20.0. The van der Waals surface area contributed by atoms with Crippen molar-refractivity contribution in [2.75, 3.05) is 19.6 Å². The van der Waals surface area contributed by atoms with Crippen molar-refractivity contribution in [3.8, 4) is 0 Å². The minimum atomic E-state index is -0.836. The van der Waals surface area contributed by atoms with Gasteiger partial charge in [-0.1, -0.05) is 26.8 Å². The first-order chi connectivity index (χ1) is 10.1. The molecule has 1 fully saturated rings. The molecule has 6 heteroatoms. The van der Waals surface area contributed by atoms with Gasteiger partial charge in [0.1, 0.15) is 4.60 Å². The predicted molar refractivity (Wildman–Crippen MR) is 89.8 cm³/mol. The van der Waals surface area contributed by atoms with Crippen molar-refractivity contribution < 1.29 is 9.90 Å². The molecular weight excluding hydrogens is 346 g/mol. The Bertz CT molecular complexity index is 559. The van der Waals surface area contributed by atoms with Crippen LogP contribution in [0.5, 0.6) is 0 Å². The molecule has 1 saturated heterocycles. The standard InChI is InChI=1S/C16H24BrN3O2/c1-15(2,3)16(4)11-19(8-9-20(16)14(21)22)10-12-6-5-7-13(17)18-12/h5-7H,8-11H2,1-4H3,(H,21,22)/t16-/m1/s1. The van der Waals surface area contributed by atoms with E-state index in [1.54, 1.807) is 4.90 Å². The Morgan fingerprint density at radius 3 is 2.64 bits per heavy atom. The summed E-state index contributed by atoms with van der Waals surface area (Å²) in [6, 6.07) is 5.89. The predicted octanol–water partition coefficient (Wildman–Crippen LogP) is 3.44. The van der Waals surface area contributed by atoms with E-state index in [4.69, 9.17) is 0 Å². The summed E-state index contributed by atoms with van der Waals surface area (Å²) in [7, 11) is 0. The summed E-state index contributed by atoms with van der Waals surface area (Å²) in [5.41, 5.74) is 0.423. The van der Waals surface area contributed by atoms with Gasteiger partial charge in [-0.3, -0.25) is 9.80 Å². The Morgan fingerprint density at radius 1 is 1.41 bits per heavy atom. The maximum absolute atomic E-state index is 11.6. The van der Waals surface area contributed by atoms with Gasteiger partial charge in [0.2, 0.25) is 0 Å². The molecular formula is C16H24BrN3O2. The third kappa shape index (κ3) is 3.43. The Labute approximate surface area is 140 Å². The van der Waals surface area contributed by atoms with Gasteiger partial charge in [0, 0.05) is 26.2 Å². The van der Waals surface area contributed by atoms with Crippen molar-refractivity contribution in [2.45, 2.75) is 39.8 Å². The van der Waals surface area contributed by atoms with Gasteiger partial charge in [0.15, 0.2) is 0 Å². The van der Waals surface area contributed by atoms with E-state index in [-0.39, 0.29) is 5.41 Å². The summed E-state index contributed by atoms with van der Waals surface area (Å²) in [6.45, 7) is 11.0. The van der Waals surface area contributed by atoms with Gasteiger partial charge in [-0.25, -0.2) is 9.78 Å². The number of rotatable bonds is 2. The molecule has 1 amide bonds. The zero-order valence-electron chi connectivity index (χ0n) is 13.6. The van der Waals surface area contributed by atoms with Crippen LogP contribution in [0.4, 0.5) is 4.79 Å². The van der Waals surface area contributed by atoms with Crippen LogP contribution in [0.3, 0.4) is 0 Å². The molecule has 0 radical (unpaired) electrons. The van der Waals surface area contributed by atoms with Gasteiger partial charge < -0.3 is 5.11 Å². The highest BCUT2D eigenvalue weighted by Crippen LogP contribution is 2.38. The van der Waals surface area contributed by atoms with Crippen molar-refractivity contribution in [3.05, 3.63) is 28.5 Å². The largest absolute Gasteiger partial charge is 0.465 e. The molecule has 0 bridgehead atoms. The number of hydrogen-bond donors (Lipinski definition) is 1. The number of halogens is 1. The minimum Gasteiger partial charge on any atom is -0.465 e. The number of amides is 1. The SMILES string of the molecule is CC(C)(C)[C@@]1(C)CN(Cc2cccc(Br)n2)CCN1C(=O)O. The molecule has 1 aromatic rings. The van der Waals surface area contributed by atoms with Crippen LogP contribution in [0.1, 0.15) is 33.4 Å². The molecule has 2 heterocycles. The van der Waals surface area contributed by atoms with E-state index >= 15 is 0 Å². The molecule has 5 nitrogen and oxygen atoms in total. The highest BCUT2D eigenvalue weighted by atomic mass is 79.9. The van der Waals surface area contributed by atoms with Crippen LogP contribution in [0.2, 0.25) is 0 Å². The van der Waals surface area contributed by atoms with Crippen LogP contribution in [-0.2, 0) is 6.54 Å². The van der Waals surface area contributed by atoms with E-state index in [2.05, 4.69) is 46.6 Å². The summed E-state index contributed by atoms with van der Waals surface area (Å²) in [5.74, 6) is 0. The lowest BCUT2D eigenvalue weighted by molar-refractivity contribution is -0.0464. The van der Waals surface area contributed by atoms with Gasteiger partial charge in [-0.2, -0.15) is 0 Å². The second kappa shape index (κ2) is 6.16. The Hall–Kier alpha value is -1.14. The third-order valence-electron chi connectivity index (χ3n) is 4.77. The van der Waals surface area contributed by atoms with Crippen molar-refractivity contribution >= 4 is 22.0 Å². The van der Waals surface area contributed by atoms with Crippen molar-refractivity contribution in [3.63, 3.8) is 0 Å². The second-order valence-corrected chi connectivity index (χ2v) is 7.93. The lowest BCUT2D eigenvalue weighted by atomic mass is 9.72. The van der Waals surface area contributed by atoms with E-state index in [0.717, 1.165) is 23.4 Å². The van der Waals surface area contributed by atoms with E-state index in [9.17, 15) is 9.90 Å². The fourth-order valence-corrected chi connectivity index (χ4v) is 3.32. The molecule has 0 aliphatic carbocycles. The maximum atomic E-state index is 11.6. The number of nitrogens with zero attached hydrogens (tertiary/aromatic N) is 3. The van der Waals surface area contributed by atoms with Crippen LogP contribution in [0.25, 0.3) is 0 Å². The molecule has 0 spiro atoms. The number of carbonyl (C=O) groups is 1. The monoisotopic (exact) mass is 369 g/mol. The summed E-state index contributed by atoms with van der Waals surface area (Å²) < 4.78 is 0.827. The van der Waals surface area contributed by atoms with E-state index in [1.807, 2.05) is 25.1 Å². The fraction of sp³-hybridized carbons (Fsp3) is 0.625. The molecule has 1 aliphatic rings. The van der Waals surface area contributed by atoms with Crippen LogP contribution < -0.4 is 0 Å². The summed E-state index contributed by atoms with van der Waals surface area (Å²) >= 11 is 3.39. The molecule has 0 saturated carbocycles. The lowest BCUT2D eigenvalue weighted by Crippen LogP contribution is -2.67. The number of aromatic nitrogens is 1. The van der Waals surface area contributed by atoms with E-state index in [1.165, 1.54) is 0 Å². The van der Waals surface area contributed by atoms with Gasteiger partial charge in [0.05, 0.1) is 11.2 Å². The van der Waals surface area contributed by atoms with Crippen molar-refractivity contribution in [2.24, 2.45) is 5.41 Å². The molecule has 1 aromatic heterocycles. The zero-order valence-corrected chi connectivity index (χ0v) is 15.2. The Kier molecular flexibility index (Phi) is 4.82. The van der Waals surface area contributed by atoms with E-state index in [0.29, 0.717) is 13.1 Å². The van der Waals surface area contributed by atoms with Gasteiger partial charge in [-0.05, 0) is 40.4 Å². The zero-order chi connectivity index (χ0) is 16.5. The number of carboxylic acid groups (broad SMARTS) is 1. The highest BCUT2D eigenvalue weighted by Gasteiger charge is 2.48. The molecule has 22 heavy (non-hydrogen) atoms. The molecule has 2 rings (SSSR count). The van der Waals surface area contributed by atoms with Gasteiger partial charge >= 0.3 is 6.09 Å². The third-order valence-corrected chi connectivity index (χ3v) is 5.21. The first-order valence-corrected chi connectivity index (χ1v) is 8.27. The van der Waals surface area contributed by atoms with Crippen LogP contribution >= 0.6 is 15.9 Å². The highest BCUT2D eigenvalue weighted by molar-refractivity contribution is 9.10. The van der Waals surface area contributed by atoms with E-state index < -0.39 is 11.6 Å². The summed E-state index contributed by atoms with van der Waals surface area (Å²) in [5, 5.41) is 9.54. The molecule has 1 aliphatic heterocycles. The molecule has 0 unspecified atom stereocenters. The van der Waals surface area contributed by atoms with Crippen LogP contribution in [0, 0.1) is 5.41 Å². The number of pyridine rings is 1. The van der Waals surface area contributed by atoms with Gasteiger partial charge in [0.25, 0.3) is 0 Å². The lowest BCUT2D eigenvalue weighted by Gasteiger charge is -2.54. The van der Waals surface area contributed by atoms with Crippen LogP contribution in [0.15, 0.2) is 22.8 Å². The van der Waals surface area contributed by atoms with Gasteiger partial charge in [-0.15, -0.1) is 0 Å². The quantitative estimate of drug-likeness (QED) is 0.811. The second-order valence-electron chi connectivity index (χ2n) is 7.12. The Balaban J connectivity index is 2.19. The topological polar surface area (TPSA) is 56.7 Å². The first kappa shape index (κ1) is 17.2.